The van der Waals surface area contributed by atoms with Gasteiger partial charge in [-0.3, -0.25) is 0 Å². The Morgan fingerprint density at radius 2 is 2.17 bits per heavy atom. The number of hydrogen-bond donors (Lipinski definition) is 1. The summed E-state index contributed by atoms with van der Waals surface area (Å²) in [5, 5.41) is 0. The van der Waals surface area contributed by atoms with Crippen LogP contribution in [0.4, 0.5) is 0 Å². The molecule has 1 saturated carbocycles. The molecule has 0 unspecified atom stereocenters. The van der Waals surface area contributed by atoms with E-state index in [1.54, 1.807) is 0 Å². The number of benzene rings is 1. The number of rotatable bonds is 3. The molecule has 0 amide bonds. The van der Waals surface area contributed by atoms with Crippen LogP contribution in [0.2, 0.25) is 0 Å². The monoisotopic (exact) mass is 243 g/mol. The normalized spacial score (nSPS) is 17.9. The molecular weight excluding hydrogens is 222 g/mol. The van der Waals surface area contributed by atoms with Gasteiger partial charge in [-0.05, 0) is 44.4 Å². The minimum atomic E-state index is 0.142. The molecule has 3 rings (SSSR count). The summed E-state index contributed by atoms with van der Waals surface area (Å²) in [6.45, 7) is 5.99. The Hall–Kier alpha value is -1.35. The van der Waals surface area contributed by atoms with Crippen LogP contribution < -0.4 is 5.73 Å². The van der Waals surface area contributed by atoms with Gasteiger partial charge in [0.25, 0.3) is 0 Å². The van der Waals surface area contributed by atoms with Crippen LogP contribution in [0.25, 0.3) is 11.0 Å². The molecule has 0 atom stereocenters. The van der Waals surface area contributed by atoms with Crippen LogP contribution in [0.1, 0.15) is 37.6 Å². The lowest BCUT2D eigenvalue weighted by atomic mass is 9.68. The summed E-state index contributed by atoms with van der Waals surface area (Å²) in [4.78, 5) is 4.89. The second-order valence-corrected chi connectivity index (χ2v) is 5.51. The lowest BCUT2D eigenvalue weighted by molar-refractivity contribution is 0.231. The third kappa shape index (κ3) is 1.50. The number of aryl methyl sites for hydroxylation is 2. The minimum Gasteiger partial charge on any atom is -0.329 e. The molecule has 3 nitrogen and oxygen atoms in total. The van der Waals surface area contributed by atoms with Crippen molar-refractivity contribution in [3.63, 3.8) is 0 Å². The van der Waals surface area contributed by atoms with Crippen LogP contribution in [0, 0.1) is 6.92 Å². The molecule has 0 radical (unpaired) electrons. The van der Waals surface area contributed by atoms with Gasteiger partial charge in [-0.15, -0.1) is 0 Å². The smallest absolute Gasteiger partial charge is 0.117 e. The van der Waals surface area contributed by atoms with Gasteiger partial charge in [0, 0.05) is 18.5 Å². The van der Waals surface area contributed by atoms with Gasteiger partial charge in [0.15, 0.2) is 0 Å². The van der Waals surface area contributed by atoms with Gasteiger partial charge in [0.05, 0.1) is 11.0 Å². The maximum atomic E-state index is 6.02. The van der Waals surface area contributed by atoms with Gasteiger partial charge in [0.2, 0.25) is 0 Å². The SMILES string of the molecule is CCn1c(C2(CN)CCC2)nc2cc(C)ccc21. The summed E-state index contributed by atoms with van der Waals surface area (Å²) in [6, 6.07) is 6.53. The summed E-state index contributed by atoms with van der Waals surface area (Å²) in [5.74, 6) is 1.21. The second kappa shape index (κ2) is 4.09. The van der Waals surface area contributed by atoms with Crippen molar-refractivity contribution in [1.29, 1.82) is 0 Å². The van der Waals surface area contributed by atoms with Crippen LogP contribution >= 0.6 is 0 Å². The topological polar surface area (TPSA) is 43.8 Å². The van der Waals surface area contributed by atoms with Gasteiger partial charge in [0.1, 0.15) is 5.82 Å². The molecule has 3 heteroatoms. The summed E-state index contributed by atoms with van der Waals surface area (Å²) < 4.78 is 2.35. The highest BCUT2D eigenvalue weighted by molar-refractivity contribution is 5.77. The molecule has 1 aliphatic rings. The Morgan fingerprint density at radius 3 is 2.72 bits per heavy atom. The zero-order valence-corrected chi connectivity index (χ0v) is 11.2. The maximum absolute atomic E-state index is 6.02. The molecule has 1 aromatic heterocycles. The highest BCUT2D eigenvalue weighted by Crippen LogP contribution is 2.43. The third-order valence-electron chi connectivity index (χ3n) is 4.40. The number of imidazole rings is 1. The first-order valence-electron chi connectivity index (χ1n) is 6.87. The average Bonchev–Trinajstić information content (AvgIpc) is 2.66. The zero-order valence-electron chi connectivity index (χ0n) is 11.2. The van der Waals surface area contributed by atoms with Gasteiger partial charge < -0.3 is 10.3 Å². The fraction of sp³-hybridized carbons (Fsp3) is 0.533. The fourth-order valence-corrected chi connectivity index (χ4v) is 3.09. The highest BCUT2D eigenvalue weighted by atomic mass is 15.1. The van der Waals surface area contributed by atoms with Crippen LogP contribution in [-0.2, 0) is 12.0 Å². The van der Waals surface area contributed by atoms with E-state index in [1.165, 1.54) is 36.2 Å². The van der Waals surface area contributed by atoms with Crippen LogP contribution in [-0.4, -0.2) is 16.1 Å². The summed E-state index contributed by atoms with van der Waals surface area (Å²) >= 11 is 0. The first-order chi connectivity index (χ1) is 8.70. The predicted molar refractivity (Wildman–Crippen MR) is 74.7 cm³/mol. The van der Waals surface area contributed by atoms with Crippen molar-refractivity contribution in [3.8, 4) is 0 Å². The lowest BCUT2D eigenvalue weighted by Crippen LogP contribution is -2.43. The van der Waals surface area contributed by atoms with Crippen molar-refractivity contribution in [2.24, 2.45) is 5.73 Å². The second-order valence-electron chi connectivity index (χ2n) is 5.51. The Bertz CT molecular complexity index is 573. The van der Waals surface area contributed by atoms with E-state index < -0.39 is 0 Å². The molecule has 1 fully saturated rings. The minimum absolute atomic E-state index is 0.142. The van der Waals surface area contributed by atoms with Crippen molar-refractivity contribution in [2.45, 2.75) is 45.1 Å². The van der Waals surface area contributed by atoms with Crippen molar-refractivity contribution >= 4 is 11.0 Å². The predicted octanol–water partition coefficient (Wildman–Crippen LogP) is 2.75. The summed E-state index contributed by atoms with van der Waals surface area (Å²) in [6.07, 6.45) is 3.65. The number of hydrogen-bond acceptors (Lipinski definition) is 2. The molecule has 2 N–H and O–H groups in total. The number of aromatic nitrogens is 2. The number of fused-ring (bicyclic) bond motifs is 1. The third-order valence-corrected chi connectivity index (χ3v) is 4.40. The quantitative estimate of drug-likeness (QED) is 0.900. The first-order valence-corrected chi connectivity index (χ1v) is 6.87. The Kier molecular flexibility index (Phi) is 2.67. The Labute approximate surface area is 108 Å². The van der Waals surface area contributed by atoms with Crippen LogP contribution in [0.15, 0.2) is 18.2 Å². The van der Waals surface area contributed by atoms with E-state index in [0.717, 1.165) is 18.6 Å². The van der Waals surface area contributed by atoms with E-state index in [1.807, 2.05) is 0 Å². The molecule has 96 valence electrons. The van der Waals surface area contributed by atoms with Crippen molar-refractivity contribution in [2.75, 3.05) is 6.54 Å². The number of nitrogens with two attached hydrogens (primary N) is 1. The van der Waals surface area contributed by atoms with Crippen molar-refractivity contribution in [1.82, 2.24) is 9.55 Å². The molecular formula is C15H21N3. The molecule has 1 aliphatic carbocycles. The summed E-state index contributed by atoms with van der Waals surface area (Å²) in [7, 11) is 0. The Morgan fingerprint density at radius 1 is 1.39 bits per heavy atom. The molecule has 18 heavy (non-hydrogen) atoms. The summed E-state index contributed by atoms with van der Waals surface area (Å²) in [5.41, 5.74) is 9.80. The van der Waals surface area contributed by atoms with Gasteiger partial charge in [-0.2, -0.15) is 0 Å². The van der Waals surface area contributed by atoms with Crippen molar-refractivity contribution < 1.29 is 0 Å². The maximum Gasteiger partial charge on any atom is 0.117 e. The van der Waals surface area contributed by atoms with E-state index in [-0.39, 0.29) is 5.41 Å². The van der Waals surface area contributed by atoms with E-state index in [9.17, 15) is 0 Å². The number of nitrogens with zero attached hydrogens (tertiary/aromatic N) is 2. The largest absolute Gasteiger partial charge is 0.329 e. The van der Waals surface area contributed by atoms with E-state index >= 15 is 0 Å². The molecule has 2 aromatic rings. The molecule has 0 bridgehead atoms. The molecule has 1 aromatic carbocycles. The molecule has 1 heterocycles. The van der Waals surface area contributed by atoms with Gasteiger partial charge in [-0.1, -0.05) is 12.5 Å². The van der Waals surface area contributed by atoms with Crippen LogP contribution in [0.5, 0.6) is 0 Å². The zero-order chi connectivity index (χ0) is 12.8. The fourth-order valence-electron chi connectivity index (χ4n) is 3.09. The lowest BCUT2D eigenvalue weighted by Gasteiger charge is -2.40. The molecule has 0 aliphatic heterocycles. The first kappa shape index (κ1) is 11.7. The highest BCUT2D eigenvalue weighted by Gasteiger charge is 2.41. The van der Waals surface area contributed by atoms with Gasteiger partial charge in [-0.25, -0.2) is 4.98 Å². The van der Waals surface area contributed by atoms with E-state index in [2.05, 4.69) is 36.6 Å². The molecule has 0 spiro atoms. The average molecular weight is 243 g/mol. The van der Waals surface area contributed by atoms with Gasteiger partial charge >= 0.3 is 0 Å². The molecule has 0 saturated heterocycles. The van der Waals surface area contributed by atoms with E-state index in [0.29, 0.717) is 0 Å². The van der Waals surface area contributed by atoms with Crippen molar-refractivity contribution in [3.05, 3.63) is 29.6 Å². The standard InChI is InChI=1S/C15H21N3/c1-3-18-13-6-5-11(2)9-12(13)17-14(18)15(10-16)7-4-8-15/h5-6,9H,3-4,7-8,10,16H2,1-2H3. The van der Waals surface area contributed by atoms with Crippen LogP contribution in [0.3, 0.4) is 0 Å². The Balaban J connectivity index is 2.22. The van der Waals surface area contributed by atoms with E-state index in [4.69, 9.17) is 10.7 Å².